The van der Waals surface area contributed by atoms with Gasteiger partial charge >= 0.3 is 18.2 Å². The molecule has 1 unspecified atom stereocenters. The molecule has 1 aliphatic rings. The van der Waals surface area contributed by atoms with E-state index in [4.69, 9.17) is 4.74 Å². The number of benzene rings is 3. The number of fused-ring (bicyclic) bond motifs is 3. The minimum Gasteiger partial charge on any atom is -0.479 e. The Bertz CT molecular complexity index is 1230. The van der Waals surface area contributed by atoms with E-state index < -0.39 is 42.6 Å². The Morgan fingerprint density at radius 3 is 2.09 bits per heavy atom. The lowest BCUT2D eigenvalue weighted by molar-refractivity contribution is -0.158. The fourth-order valence-electron chi connectivity index (χ4n) is 4.51. The zero-order valence-electron chi connectivity index (χ0n) is 18.6. The number of aliphatic carboxylic acids is 1. The van der Waals surface area contributed by atoms with Crippen LogP contribution in [0.1, 0.15) is 34.2 Å². The summed E-state index contributed by atoms with van der Waals surface area (Å²) in [7, 11) is 0. The molecule has 182 valence electrons. The first-order valence-electron chi connectivity index (χ1n) is 10.7. The quantitative estimate of drug-likeness (QED) is 0.429. The molecule has 9 heteroatoms. The fourth-order valence-corrected chi connectivity index (χ4v) is 4.51. The highest BCUT2D eigenvalue weighted by Crippen LogP contribution is 2.44. The zero-order chi connectivity index (χ0) is 25.3. The number of alkyl halides is 3. The van der Waals surface area contributed by atoms with Crippen molar-refractivity contribution in [1.29, 1.82) is 0 Å². The van der Waals surface area contributed by atoms with Gasteiger partial charge in [-0.15, -0.1) is 0 Å². The molecule has 35 heavy (non-hydrogen) atoms. The summed E-state index contributed by atoms with van der Waals surface area (Å²) in [5.74, 6) is -2.80. The number of ether oxygens (including phenoxy) is 1. The van der Waals surface area contributed by atoms with Crippen molar-refractivity contribution in [2.75, 3.05) is 13.2 Å². The Morgan fingerprint density at radius 1 is 1.00 bits per heavy atom. The highest BCUT2D eigenvalue weighted by atomic mass is 19.4. The molecule has 1 atom stereocenters. The van der Waals surface area contributed by atoms with Crippen LogP contribution in [-0.4, -0.2) is 41.4 Å². The summed E-state index contributed by atoms with van der Waals surface area (Å²) in [5.41, 5.74) is 3.53. The molecule has 0 bridgehead atoms. The van der Waals surface area contributed by atoms with Crippen molar-refractivity contribution >= 4 is 12.1 Å². The number of hydrogen-bond acceptors (Lipinski definition) is 3. The summed E-state index contributed by atoms with van der Waals surface area (Å²) >= 11 is 0. The first-order chi connectivity index (χ1) is 16.6. The standard InChI is InChI=1S/C26H21F4NO4/c1-15-12-16(27)10-11-17(15)23(24(32)33)31(14-26(28,29)30)25(34)35-13-22-20-8-4-2-6-18(20)19-7-3-5-9-21(19)22/h2-12,22-23H,13-14H2,1H3,(H,32,33). The molecule has 3 aromatic rings. The van der Waals surface area contributed by atoms with Crippen LogP contribution in [0.4, 0.5) is 22.4 Å². The SMILES string of the molecule is Cc1cc(F)ccc1C(C(=O)O)N(CC(F)(F)F)C(=O)OCC1c2ccccc2-c2ccccc21. The highest BCUT2D eigenvalue weighted by Gasteiger charge is 2.42. The van der Waals surface area contributed by atoms with E-state index in [0.29, 0.717) is 0 Å². The molecule has 3 aromatic carbocycles. The molecule has 5 nitrogen and oxygen atoms in total. The van der Waals surface area contributed by atoms with Gasteiger partial charge in [0.15, 0.2) is 6.04 Å². The van der Waals surface area contributed by atoms with Crippen LogP contribution in [0.2, 0.25) is 0 Å². The maximum absolute atomic E-state index is 13.5. The summed E-state index contributed by atoms with van der Waals surface area (Å²) < 4.78 is 59.1. The molecule has 0 heterocycles. The Hall–Kier alpha value is -3.88. The maximum atomic E-state index is 13.5. The van der Waals surface area contributed by atoms with E-state index in [-0.39, 0.29) is 22.6 Å². The molecule has 1 aliphatic carbocycles. The Labute approximate surface area is 198 Å². The van der Waals surface area contributed by atoms with Crippen molar-refractivity contribution < 1.29 is 37.0 Å². The van der Waals surface area contributed by atoms with Crippen molar-refractivity contribution in [3.05, 3.63) is 94.8 Å². The summed E-state index contributed by atoms with van der Waals surface area (Å²) in [6, 6.07) is 15.8. The van der Waals surface area contributed by atoms with Gasteiger partial charge in [0.2, 0.25) is 0 Å². The number of carboxylic acid groups (broad SMARTS) is 1. The normalized spacial score (nSPS) is 13.6. The summed E-state index contributed by atoms with van der Waals surface area (Å²) in [4.78, 5) is 25.1. The molecule has 0 aliphatic heterocycles. The van der Waals surface area contributed by atoms with Gasteiger partial charge < -0.3 is 9.84 Å². The number of carboxylic acids is 1. The van der Waals surface area contributed by atoms with Crippen LogP contribution in [0.3, 0.4) is 0 Å². The smallest absolute Gasteiger partial charge is 0.411 e. The van der Waals surface area contributed by atoms with Gasteiger partial charge in [-0.25, -0.2) is 14.0 Å². The second-order valence-corrected chi connectivity index (χ2v) is 8.29. The number of carbonyl (C=O) groups is 2. The number of halogens is 4. The van der Waals surface area contributed by atoms with Crippen molar-refractivity contribution in [2.45, 2.75) is 25.1 Å². The van der Waals surface area contributed by atoms with Gasteiger partial charge in [-0.3, -0.25) is 4.90 Å². The first-order valence-corrected chi connectivity index (χ1v) is 10.7. The molecule has 0 radical (unpaired) electrons. The topological polar surface area (TPSA) is 66.8 Å². The predicted octanol–water partition coefficient (Wildman–Crippen LogP) is 6.07. The molecular weight excluding hydrogens is 466 g/mol. The van der Waals surface area contributed by atoms with Crippen LogP contribution in [0, 0.1) is 12.7 Å². The molecule has 0 saturated carbocycles. The van der Waals surface area contributed by atoms with Crippen LogP contribution in [0.15, 0.2) is 66.7 Å². The monoisotopic (exact) mass is 487 g/mol. The van der Waals surface area contributed by atoms with Crippen LogP contribution in [0.5, 0.6) is 0 Å². The Balaban J connectivity index is 1.64. The lowest BCUT2D eigenvalue weighted by Crippen LogP contribution is -2.45. The number of rotatable bonds is 6. The number of nitrogens with zero attached hydrogens (tertiary/aromatic N) is 1. The number of hydrogen-bond donors (Lipinski definition) is 1. The van der Waals surface area contributed by atoms with Crippen molar-refractivity contribution in [1.82, 2.24) is 4.90 Å². The number of aryl methyl sites for hydroxylation is 1. The highest BCUT2D eigenvalue weighted by molar-refractivity contribution is 5.82. The lowest BCUT2D eigenvalue weighted by Gasteiger charge is -2.30. The average Bonchev–Trinajstić information content (AvgIpc) is 3.11. The third-order valence-corrected chi connectivity index (χ3v) is 5.99. The van der Waals surface area contributed by atoms with Crippen LogP contribution in [0.25, 0.3) is 11.1 Å². The van der Waals surface area contributed by atoms with E-state index in [1.54, 1.807) is 0 Å². The maximum Gasteiger partial charge on any atom is 0.411 e. The van der Waals surface area contributed by atoms with E-state index in [2.05, 4.69) is 0 Å². The second kappa shape index (κ2) is 9.40. The molecular formula is C26H21F4NO4. The molecule has 0 fully saturated rings. The van der Waals surface area contributed by atoms with E-state index >= 15 is 0 Å². The van der Waals surface area contributed by atoms with Gasteiger partial charge in [0.1, 0.15) is 19.0 Å². The van der Waals surface area contributed by atoms with Gasteiger partial charge in [0.05, 0.1) is 0 Å². The zero-order valence-corrected chi connectivity index (χ0v) is 18.6. The molecule has 0 saturated heterocycles. The molecule has 4 rings (SSSR count). The van der Waals surface area contributed by atoms with E-state index in [9.17, 15) is 32.3 Å². The third kappa shape index (κ3) is 4.99. The largest absolute Gasteiger partial charge is 0.479 e. The van der Waals surface area contributed by atoms with Crippen LogP contribution >= 0.6 is 0 Å². The van der Waals surface area contributed by atoms with Gasteiger partial charge in [0, 0.05) is 5.92 Å². The van der Waals surface area contributed by atoms with Crippen LogP contribution < -0.4 is 0 Å². The first kappa shape index (κ1) is 24.3. The van der Waals surface area contributed by atoms with Gasteiger partial charge in [-0.05, 0) is 52.4 Å². The van der Waals surface area contributed by atoms with E-state index in [1.165, 1.54) is 6.92 Å². The summed E-state index contributed by atoms with van der Waals surface area (Å²) in [6.45, 7) is -0.773. The van der Waals surface area contributed by atoms with E-state index in [0.717, 1.165) is 40.5 Å². The molecule has 1 N–H and O–H groups in total. The number of amides is 1. The Kier molecular flexibility index (Phi) is 6.51. The third-order valence-electron chi connectivity index (χ3n) is 5.99. The van der Waals surface area contributed by atoms with Gasteiger partial charge in [-0.1, -0.05) is 54.6 Å². The molecule has 1 amide bonds. The summed E-state index contributed by atoms with van der Waals surface area (Å²) in [5, 5.41) is 9.77. The Morgan fingerprint density at radius 2 is 1.57 bits per heavy atom. The lowest BCUT2D eigenvalue weighted by atomic mass is 9.98. The average molecular weight is 487 g/mol. The minimum absolute atomic E-state index is 0.0935. The van der Waals surface area contributed by atoms with Gasteiger partial charge in [0.25, 0.3) is 0 Å². The predicted molar refractivity (Wildman–Crippen MR) is 119 cm³/mol. The van der Waals surface area contributed by atoms with Crippen molar-refractivity contribution in [2.24, 2.45) is 0 Å². The van der Waals surface area contributed by atoms with E-state index in [1.807, 2.05) is 48.5 Å². The fraction of sp³-hybridized carbons (Fsp3) is 0.231. The molecule has 0 aromatic heterocycles. The second-order valence-electron chi connectivity index (χ2n) is 8.29. The summed E-state index contributed by atoms with van der Waals surface area (Å²) in [6.07, 6.45) is -6.33. The van der Waals surface area contributed by atoms with Crippen molar-refractivity contribution in [3.8, 4) is 11.1 Å². The van der Waals surface area contributed by atoms with Crippen LogP contribution in [-0.2, 0) is 9.53 Å². The van der Waals surface area contributed by atoms with Crippen molar-refractivity contribution in [3.63, 3.8) is 0 Å². The number of carbonyl (C=O) groups excluding carboxylic acids is 1. The van der Waals surface area contributed by atoms with Gasteiger partial charge in [-0.2, -0.15) is 13.2 Å². The minimum atomic E-state index is -4.90. The molecule has 0 spiro atoms.